The molecular formula is C13H19NO2. The van der Waals surface area contributed by atoms with Gasteiger partial charge >= 0.3 is 0 Å². The van der Waals surface area contributed by atoms with Crippen molar-refractivity contribution in [2.24, 2.45) is 11.7 Å². The fourth-order valence-electron chi connectivity index (χ4n) is 1.96. The molecule has 1 fully saturated rings. The van der Waals surface area contributed by atoms with Gasteiger partial charge in [0.1, 0.15) is 5.75 Å². The molecule has 0 bridgehead atoms. The summed E-state index contributed by atoms with van der Waals surface area (Å²) in [5, 5.41) is 9.80. The van der Waals surface area contributed by atoms with E-state index in [4.69, 9.17) is 10.5 Å². The lowest BCUT2D eigenvalue weighted by Gasteiger charge is -2.14. The van der Waals surface area contributed by atoms with Crippen molar-refractivity contribution in [3.8, 4) is 5.75 Å². The molecule has 1 unspecified atom stereocenters. The van der Waals surface area contributed by atoms with Crippen LogP contribution in [-0.2, 0) is 11.2 Å². The number of aromatic hydroxyl groups is 1. The zero-order chi connectivity index (χ0) is 11.5. The van der Waals surface area contributed by atoms with Crippen LogP contribution >= 0.6 is 0 Å². The molecule has 88 valence electrons. The first-order valence-electron chi connectivity index (χ1n) is 5.78. The van der Waals surface area contributed by atoms with Crippen molar-refractivity contribution in [3.05, 3.63) is 29.3 Å². The second-order valence-electron chi connectivity index (χ2n) is 4.50. The minimum absolute atomic E-state index is 0.0116. The van der Waals surface area contributed by atoms with Crippen molar-refractivity contribution < 1.29 is 9.84 Å². The Labute approximate surface area is 96.2 Å². The van der Waals surface area contributed by atoms with E-state index in [2.05, 4.69) is 0 Å². The molecule has 2 rings (SSSR count). The van der Waals surface area contributed by atoms with Crippen molar-refractivity contribution >= 4 is 0 Å². The van der Waals surface area contributed by atoms with Gasteiger partial charge in [-0.25, -0.2) is 0 Å². The lowest BCUT2D eigenvalue weighted by Crippen LogP contribution is -2.13. The van der Waals surface area contributed by atoms with Crippen LogP contribution in [-0.4, -0.2) is 18.8 Å². The molecule has 1 aliphatic carbocycles. The summed E-state index contributed by atoms with van der Waals surface area (Å²) in [5.41, 5.74) is 8.16. The molecule has 16 heavy (non-hydrogen) atoms. The number of phenolic OH excluding ortho intramolecular Hbond substituents is 1. The van der Waals surface area contributed by atoms with Gasteiger partial charge in [-0.05, 0) is 36.8 Å². The minimum Gasteiger partial charge on any atom is -0.508 e. The van der Waals surface area contributed by atoms with Crippen LogP contribution in [0.3, 0.4) is 0 Å². The van der Waals surface area contributed by atoms with Crippen molar-refractivity contribution in [3.63, 3.8) is 0 Å². The van der Waals surface area contributed by atoms with Crippen LogP contribution in [0.1, 0.15) is 30.0 Å². The Morgan fingerprint density at radius 2 is 2.25 bits per heavy atom. The van der Waals surface area contributed by atoms with Gasteiger partial charge in [-0.2, -0.15) is 0 Å². The third-order valence-electron chi connectivity index (χ3n) is 3.18. The lowest BCUT2D eigenvalue weighted by molar-refractivity contribution is 0.202. The molecule has 0 radical (unpaired) electrons. The fourth-order valence-corrected chi connectivity index (χ4v) is 1.96. The van der Waals surface area contributed by atoms with Gasteiger partial charge in [-0.3, -0.25) is 0 Å². The maximum atomic E-state index is 9.80. The van der Waals surface area contributed by atoms with Gasteiger partial charge in [-0.15, -0.1) is 0 Å². The summed E-state index contributed by atoms with van der Waals surface area (Å²) in [4.78, 5) is 0. The number of hydrogen-bond donors (Lipinski definition) is 2. The first-order valence-corrected chi connectivity index (χ1v) is 5.78. The van der Waals surface area contributed by atoms with Crippen molar-refractivity contribution in [1.82, 2.24) is 0 Å². The summed E-state index contributed by atoms with van der Waals surface area (Å²) in [6.45, 7) is 0.697. The van der Waals surface area contributed by atoms with E-state index in [1.807, 2.05) is 12.1 Å². The average molecular weight is 221 g/mol. The van der Waals surface area contributed by atoms with Gasteiger partial charge in [0.25, 0.3) is 0 Å². The van der Waals surface area contributed by atoms with Gasteiger partial charge < -0.3 is 15.6 Å². The molecule has 0 heterocycles. The molecule has 3 heteroatoms. The van der Waals surface area contributed by atoms with E-state index in [9.17, 15) is 5.11 Å². The smallest absolute Gasteiger partial charge is 0.120 e. The largest absolute Gasteiger partial charge is 0.508 e. The number of phenols is 1. The Morgan fingerprint density at radius 3 is 2.88 bits per heavy atom. The van der Waals surface area contributed by atoms with Gasteiger partial charge in [-0.1, -0.05) is 12.1 Å². The molecule has 0 saturated heterocycles. The molecule has 0 spiro atoms. The van der Waals surface area contributed by atoms with Crippen LogP contribution in [0.4, 0.5) is 0 Å². The molecule has 1 saturated carbocycles. The zero-order valence-electron chi connectivity index (χ0n) is 9.65. The number of nitrogens with two attached hydrogens (primary N) is 1. The third-order valence-corrected chi connectivity index (χ3v) is 3.18. The first kappa shape index (κ1) is 11.4. The third kappa shape index (κ3) is 2.54. The molecule has 1 atom stereocenters. The van der Waals surface area contributed by atoms with E-state index in [0.717, 1.165) is 12.0 Å². The Hall–Kier alpha value is -1.06. The van der Waals surface area contributed by atoms with Crippen LogP contribution in [0.15, 0.2) is 18.2 Å². The van der Waals surface area contributed by atoms with Crippen molar-refractivity contribution in [2.45, 2.75) is 25.3 Å². The van der Waals surface area contributed by atoms with E-state index in [1.54, 1.807) is 13.2 Å². The summed E-state index contributed by atoms with van der Waals surface area (Å²) in [6, 6.07) is 5.67. The summed E-state index contributed by atoms with van der Waals surface area (Å²) in [6.07, 6.45) is 3.23. The number of rotatable bonds is 5. The van der Waals surface area contributed by atoms with Crippen LogP contribution in [0.2, 0.25) is 0 Å². The highest BCUT2D eigenvalue weighted by molar-refractivity contribution is 5.39. The fraction of sp³-hybridized carbons (Fsp3) is 0.538. The standard InChI is InChI=1S/C13H19NO2/c1-16-7-6-9-2-5-12(15)11(8-9)13(14)10-3-4-10/h2,5,8,10,13,15H,3-4,6-7,14H2,1H3. The first-order chi connectivity index (χ1) is 7.72. The molecule has 0 aromatic heterocycles. The monoisotopic (exact) mass is 221 g/mol. The molecule has 1 aromatic rings. The van der Waals surface area contributed by atoms with Gasteiger partial charge in [0.15, 0.2) is 0 Å². The molecular weight excluding hydrogens is 202 g/mol. The molecule has 3 N–H and O–H groups in total. The quantitative estimate of drug-likeness (QED) is 0.799. The van der Waals surface area contributed by atoms with E-state index in [1.165, 1.54) is 18.4 Å². The second-order valence-corrected chi connectivity index (χ2v) is 4.50. The van der Waals surface area contributed by atoms with Crippen molar-refractivity contribution in [1.29, 1.82) is 0 Å². The molecule has 1 aliphatic rings. The zero-order valence-corrected chi connectivity index (χ0v) is 9.65. The second kappa shape index (κ2) is 4.85. The van der Waals surface area contributed by atoms with Crippen LogP contribution < -0.4 is 5.73 Å². The summed E-state index contributed by atoms with van der Waals surface area (Å²) in [7, 11) is 1.69. The summed E-state index contributed by atoms with van der Waals surface area (Å²) in [5.74, 6) is 0.879. The topological polar surface area (TPSA) is 55.5 Å². The number of methoxy groups -OCH3 is 1. The molecule has 3 nitrogen and oxygen atoms in total. The molecule has 0 amide bonds. The van der Waals surface area contributed by atoms with E-state index in [0.29, 0.717) is 18.3 Å². The van der Waals surface area contributed by atoms with Gasteiger partial charge in [0, 0.05) is 18.7 Å². The predicted molar refractivity (Wildman–Crippen MR) is 63.3 cm³/mol. The Bertz CT molecular complexity index is 361. The van der Waals surface area contributed by atoms with Crippen LogP contribution in [0.25, 0.3) is 0 Å². The maximum absolute atomic E-state index is 9.80. The lowest BCUT2D eigenvalue weighted by atomic mass is 9.99. The normalized spacial score (nSPS) is 17.4. The Morgan fingerprint density at radius 1 is 1.50 bits per heavy atom. The van der Waals surface area contributed by atoms with Crippen LogP contribution in [0, 0.1) is 5.92 Å². The number of ether oxygens (including phenoxy) is 1. The van der Waals surface area contributed by atoms with Crippen molar-refractivity contribution in [2.75, 3.05) is 13.7 Å². The van der Waals surface area contributed by atoms with Gasteiger partial charge in [0.2, 0.25) is 0 Å². The Balaban J connectivity index is 2.14. The Kier molecular flexibility index (Phi) is 3.46. The predicted octanol–water partition coefficient (Wildman–Crippen LogP) is 1.99. The average Bonchev–Trinajstić information content (AvgIpc) is 3.11. The van der Waals surface area contributed by atoms with E-state index in [-0.39, 0.29) is 6.04 Å². The number of benzene rings is 1. The van der Waals surface area contributed by atoms with Crippen LogP contribution in [0.5, 0.6) is 5.75 Å². The molecule has 0 aliphatic heterocycles. The highest BCUT2D eigenvalue weighted by Crippen LogP contribution is 2.42. The van der Waals surface area contributed by atoms with Gasteiger partial charge in [0.05, 0.1) is 6.61 Å². The van der Waals surface area contributed by atoms with E-state index >= 15 is 0 Å². The van der Waals surface area contributed by atoms with E-state index < -0.39 is 0 Å². The highest BCUT2D eigenvalue weighted by atomic mass is 16.5. The SMILES string of the molecule is COCCc1ccc(O)c(C(N)C2CC2)c1. The molecule has 1 aromatic carbocycles. The highest BCUT2D eigenvalue weighted by Gasteiger charge is 2.30. The summed E-state index contributed by atoms with van der Waals surface area (Å²) >= 11 is 0. The summed E-state index contributed by atoms with van der Waals surface area (Å²) < 4.78 is 5.04. The maximum Gasteiger partial charge on any atom is 0.120 e. The number of hydrogen-bond acceptors (Lipinski definition) is 3. The minimum atomic E-state index is -0.0116.